The molecule has 0 unspecified atom stereocenters. The van der Waals surface area contributed by atoms with E-state index in [1.165, 1.54) is 0 Å². The fourth-order valence-corrected chi connectivity index (χ4v) is 4.43. The maximum absolute atomic E-state index is 10.1. The van der Waals surface area contributed by atoms with Crippen LogP contribution < -0.4 is 0 Å². The van der Waals surface area contributed by atoms with E-state index >= 15 is 0 Å². The Labute approximate surface area is 172 Å². The van der Waals surface area contributed by atoms with E-state index in [0.29, 0.717) is 11.3 Å². The second-order valence-electron chi connectivity index (χ2n) is 6.70. The molecule has 0 saturated heterocycles. The van der Waals surface area contributed by atoms with Crippen molar-refractivity contribution in [1.29, 1.82) is 5.26 Å². The molecular weight excluding hydrogens is 376 g/mol. The molecule has 0 atom stereocenters. The first kappa shape index (κ1) is 17.4. The van der Waals surface area contributed by atoms with E-state index in [1.54, 1.807) is 11.3 Å². The van der Waals surface area contributed by atoms with Gasteiger partial charge in [-0.15, -0.1) is 11.3 Å². The Hall–Kier alpha value is -3.75. The lowest BCUT2D eigenvalue weighted by atomic mass is 9.97. The Balaban J connectivity index is 1.95. The molecule has 5 heteroatoms. The molecule has 0 aliphatic heterocycles. The van der Waals surface area contributed by atoms with Crippen LogP contribution in [0.4, 0.5) is 0 Å². The van der Waals surface area contributed by atoms with Gasteiger partial charge < -0.3 is 0 Å². The molecule has 0 aliphatic carbocycles. The average Bonchev–Trinajstić information content (AvgIpc) is 3.42. The van der Waals surface area contributed by atoms with Gasteiger partial charge in [0.15, 0.2) is 5.65 Å². The Morgan fingerprint density at radius 1 is 0.931 bits per heavy atom. The standard InChI is InChI=1S/C24H16N4S/c1-16-21-22(20-13-8-14-29-20)19(15-25)23(17-9-4-2-5-10-17)26-24(21)28(27-16)18-11-6-3-7-12-18/h2-14H,1H3. The minimum absolute atomic E-state index is 0.585. The molecule has 0 amide bonds. The molecule has 3 heterocycles. The largest absolute Gasteiger partial charge is 0.226 e. The minimum atomic E-state index is 0.585. The zero-order valence-electron chi connectivity index (χ0n) is 15.7. The lowest BCUT2D eigenvalue weighted by Gasteiger charge is -2.11. The molecule has 3 aromatic heterocycles. The van der Waals surface area contributed by atoms with Crippen LogP contribution in [-0.4, -0.2) is 14.8 Å². The molecule has 138 valence electrons. The first-order valence-corrected chi connectivity index (χ1v) is 10.1. The highest BCUT2D eigenvalue weighted by molar-refractivity contribution is 7.13. The van der Waals surface area contributed by atoms with Crippen LogP contribution in [-0.2, 0) is 0 Å². The van der Waals surface area contributed by atoms with Gasteiger partial charge in [-0.1, -0.05) is 54.6 Å². The Morgan fingerprint density at radius 3 is 2.31 bits per heavy atom. The second-order valence-corrected chi connectivity index (χ2v) is 7.64. The van der Waals surface area contributed by atoms with E-state index in [-0.39, 0.29) is 0 Å². The van der Waals surface area contributed by atoms with Gasteiger partial charge in [0.2, 0.25) is 0 Å². The summed E-state index contributed by atoms with van der Waals surface area (Å²) in [5.74, 6) is 0. The first-order chi connectivity index (χ1) is 14.3. The molecule has 5 aromatic rings. The van der Waals surface area contributed by atoms with Gasteiger partial charge in [-0.05, 0) is 30.5 Å². The number of nitrogens with zero attached hydrogens (tertiary/aromatic N) is 4. The molecular formula is C24H16N4S. The summed E-state index contributed by atoms with van der Waals surface area (Å²) in [6, 6.07) is 26.3. The van der Waals surface area contributed by atoms with Gasteiger partial charge >= 0.3 is 0 Å². The molecule has 0 spiro atoms. The maximum Gasteiger partial charge on any atom is 0.164 e. The summed E-state index contributed by atoms with van der Waals surface area (Å²) < 4.78 is 1.87. The fraction of sp³-hybridized carbons (Fsp3) is 0.0417. The lowest BCUT2D eigenvalue weighted by molar-refractivity contribution is 0.878. The number of para-hydroxylation sites is 1. The number of hydrogen-bond donors (Lipinski definition) is 0. The molecule has 2 aromatic carbocycles. The Bertz CT molecular complexity index is 1350. The van der Waals surface area contributed by atoms with Crippen LogP contribution in [0.5, 0.6) is 0 Å². The van der Waals surface area contributed by atoms with Crippen LogP contribution in [0.25, 0.3) is 38.4 Å². The lowest BCUT2D eigenvalue weighted by Crippen LogP contribution is -2.00. The number of thiophene rings is 1. The van der Waals surface area contributed by atoms with E-state index in [0.717, 1.165) is 38.4 Å². The van der Waals surface area contributed by atoms with Gasteiger partial charge in [-0.2, -0.15) is 10.4 Å². The van der Waals surface area contributed by atoms with Crippen LogP contribution in [0.2, 0.25) is 0 Å². The van der Waals surface area contributed by atoms with Crippen molar-refractivity contribution in [2.24, 2.45) is 0 Å². The van der Waals surface area contributed by atoms with Gasteiger partial charge in [-0.3, -0.25) is 0 Å². The van der Waals surface area contributed by atoms with E-state index in [1.807, 2.05) is 89.8 Å². The third kappa shape index (κ3) is 2.82. The summed E-state index contributed by atoms with van der Waals surface area (Å²) in [7, 11) is 0. The predicted octanol–water partition coefficient (Wildman–Crippen LogP) is 6.00. The topological polar surface area (TPSA) is 54.5 Å². The summed E-state index contributed by atoms with van der Waals surface area (Å²) in [4.78, 5) is 6.01. The summed E-state index contributed by atoms with van der Waals surface area (Å²) in [6.45, 7) is 1.98. The second kappa shape index (κ2) is 7.01. The molecule has 5 rings (SSSR count). The monoisotopic (exact) mass is 392 g/mol. The smallest absolute Gasteiger partial charge is 0.164 e. The van der Waals surface area contributed by atoms with Crippen molar-refractivity contribution in [3.05, 3.63) is 89.4 Å². The van der Waals surface area contributed by atoms with Crippen molar-refractivity contribution in [3.63, 3.8) is 0 Å². The van der Waals surface area contributed by atoms with Crippen LogP contribution in [0.15, 0.2) is 78.2 Å². The van der Waals surface area contributed by atoms with Gasteiger partial charge in [0.1, 0.15) is 6.07 Å². The van der Waals surface area contributed by atoms with Gasteiger partial charge in [-0.25, -0.2) is 9.67 Å². The molecule has 4 nitrogen and oxygen atoms in total. The minimum Gasteiger partial charge on any atom is -0.226 e. The number of rotatable bonds is 3. The van der Waals surface area contributed by atoms with Crippen molar-refractivity contribution in [1.82, 2.24) is 14.8 Å². The van der Waals surface area contributed by atoms with Crippen molar-refractivity contribution in [2.75, 3.05) is 0 Å². The number of aromatic nitrogens is 3. The zero-order valence-corrected chi connectivity index (χ0v) is 16.5. The molecule has 0 N–H and O–H groups in total. The molecule has 0 saturated carbocycles. The van der Waals surface area contributed by atoms with Crippen molar-refractivity contribution >= 4 is 22.4 Å². The van der Waals surface area contributed by atoms with Crippen LogP contribution in [0.3, 0.4) is 0 Å². The third-order valence-electron chi connectivity index (χ3n) is 4.92. The average molecular weight is 392 g/mol. The zero-order chi connectivity index (χ0) is 19.8. The number of aryl methyl sites for hydroxylation is 1. The quantitative estimate of drug-likeness (QED) is 0.379. The third-order valence-corrected chi connectivity index (χ3v) is 5.81. The first-order valence-electron chi connectivity index (χ1n) is 9.26. The summed E-state index contributed by atoms with van der Waals surface area (Å²) in [6.07, 6.45) is 0. The Kier molecular flexibility index (Phi) is 4.19. The van der Waals surface area contributed by atoms with E-state index < -0.39 is 0 Å². The summed E-state index contributed by atoms with van der Waals surface area (Å²) in [5, 5.41) is 17.9. The highest BCUT2D eigenvalue weighted by Crippen LogP contribution is 2.40. The number of benzene rings is 2. The Morgan fingerprint density at radius 2 is 1.66 bits per heavy atom. The SMILES string of the molecule is Cc1nn(-c2ccccc2)c2nc(-c3ccccc3)c(C#N)c(-c3cccs3)c12. The molecule has 0 fully saturated rings. The number of nitriles is 1. The summed E-state index contributed by atoms with van der Waals surface area (Å²) in [5.41, 5.74) is 5.65. The highest BCUT2D eigenvalue weighted by Gasteiger charge is 2.23. The number of pyridine rings is 1. The summed E-state index contributed by atoms with van der Waals surface area (Å²) >= 11 is 1.62. The van der Waals surface area contributed by atoms with E-state index in [9.17, 15) is 5.26 Å². The maximum atomic E-state index is 10.1. The molecule has 29 heavy (non-hydrogen) atoms. The van der Waals surface area contributed by atoms with Crippen molar-refractivity contribution in [2.45, 2.75) is 6.92 Å². The highest BCUT2D eigenvalue weighted by atomic mass is 32.1. The molecule has 0 bridgehead atoms. The fourth-order valence-electron chi connectivity index (χ4n) is 3.65. The molecule has 0 aliphatic rings. The van der Waals surface area contributed by atoms with Gasteiger partial charge in [0.25, 0.3) is 0 Å². The van der Waals surface area contributed by atoms with Crippen molar-refractivity contribution in [3.8, 4) is 33.5 Å². The van der Waals surface area contributed by atoms with E-state index in [2.05, 4.69) is 6.07 Å². The number of hydrogen-bond acceptors (Lipinski definition) is 4. The normalized spacial score (nSPS) is 10.9. The van der Waals surface area contributed by atoms with Gasteiger partial charge in [0.05, 0.1) is 28.0 Å². The van der Waals surface area contributed by atoms with Crippen LogP contribution >= 0.6 is 11.3 Å². The number of fused-ring (bicyclic) bond motifs is 1. The predicted molar refractivity (Wildman–Crippen MR) is 117 cm³/mol. The van der Waals surface area contributed by atoms with Gasteiger partial charge in [0, 0.05) is 16.0 Å². The van der Waals surface area contributed by atoms with Crippen LogP contribution in [0.1, 0.15) is 11.3 Å². The van der Waals surface area contributed by atoms with Crippen molar-refractivity contribution < 1.29 is 0 Å². The molecule has 0 radical (unpaired) electrons. The van der Waals surface area contributed by atoms with E-state index in [4.69, 9.17) is 10.1 Å². The van der Waals surface area contributed by atoms with Crippen LogP contribution in [0, 0.1) is 18.3 Å².